The fraction of sp³-hybridized carbons (Fsp3) is 0.500. The van der Waals surface area contributed by atoms with Crippen molar-refractivity contribution < 1.29 is 39.4 Å². The van der Waals surface area contributed by atoms with Crippen molar-refractivity contribution in [2.24, 2.45) is 0 Å². The molecule has 0 saturated carbocycles. The third-order valence-electron chi connectivity index (χ3n) is 2.36. The van der Waals surface area contributed by atoms with E-state index < -0.39 is 51.1 Å². The predicted molar refractivity (Wildman–Crippen MR) is 82.4 cm³/mol. The quantitative estimate of drug-likeness (QED) is 0.344. The molecule has 0 saturated heterocycles. The van der Waals surface area contributed by atoms with Crippen LogP contribution >= 0.6 is 19.4 Å². The Kier molecular flexibility index (Phi) is 7.76. The van der Waals surface area contributed by atoms with Crippen LogP contribution in [0.25, 0.3) is 0 Å². The van der Waals surface area contributed by atoms with E-state index >= 15 is 0 Å². The lowest BCUT2D eigenvalue weighted by molar-refractivity contribution is -0.0329. The minimum Gasteiger partial charge on any atom is -0.307 e. The summed E-state index contributed by atoms with van der Waals surface area (Å²) >= 11 is -0.583. The van der Waals surface area contributed by atoms with E-state index in [1.807, 2.05) is 0 Å². The number of thioether (sulfide) groups is 1. The zero-order valence-electron chi connectivity index (χ0n) is 12.8. The fourth-order valence-corrected chi connectivity index (χ4v) is 5.33. The molecule has 1 rings (SSSR count). The van der Waals surface area contributed by atoms with Gasteiger partial charge in [0.25, 0.3) is 10.1 Å². The molecule has 0 radical (unpaired) electrons. The highest BCUT2D eigenvalue weighted by Gasteiger charge is 2.34. The molecule has 1 aromatic rings. The van der Waals surface area contributed by atoms with Gasteiger partial charge >= 0.3 is 13.1 Å². The molecule has 0 spiro atoms. The lowest BCUT2D eigenvalue weighted by atomic mass is 10.4. The van der Waals surface area contributed by atoms with Crippen LogP contribution in [0.1, 0.15) is 13.8 Å². The summed E-state index contributed by atoms with van der Waals surface area (Å²) in [6, 6.07) is 4.48. The third kappa shape index (κ3) is 6.73. The predicted octanol–water partition coefficient (Wildman–Crippen LogP) is 4.23. The standard InChI is InChI=1S/C12H16F3O6PS2/c1-3-19-22(16,20-4-2)9-21-24(17,18)11-8-6-5-7-10(11)23-12(13,14)15/h5-8H,3-4,9H2,1-2H3. The second-order valence-electron chi connectivity index (χ2n) is 4.14. The second-order valence-corrected chi connectivity index (χ2v) is 8.83. The average Bonchev–Trinajstić information content (AvgIpc) is 2.45. The molecule has 0 fully saturated rings. The second kappa shape index (κ2) is 8.68. The van der Waals surface area contributed by atoms with Gasteiger partial charge in [-0.3, -0.25) is 8.75 Å². The molecule has 0 bridgehead atoms. The van der Waals surface area contributed by atoms with Crippen molar-refractivity contribution in [1.82, 2.24) is 0 Å². The van der Waals surface area contributed by atoms with Gasteiger partial charge in [0, 0.05) is 4.90 Å². The zero-order valence-corrected chi connectivity index (χ0v) is 15.3. The van der Waals surface area contributed by atoms with Crippen LogP contribution in [0.15, 0.2) is 34.1 Å². The Labute approximate surface area is 142 Å². The van der Waals surface area contributed by atoms with Crippen molar-refractivity contribution in [3.63, 3.8) is 0 Å². The van der Waals surface area contributed by atoms with Crippen LogP contribution in [0, 0.1) is 0 Å². The zero-order chi connectivity index (χ0) is 18.4. The van der Waals surface area contributed by atoms with Crippen LogP contribution in [0.2, 0.25) is 0 Å². The summed E-state index contributed by atoms with van der Waals surface area (Å²) in [5, 5.41) is 0. The maximum absolute atomic E-state index is 12.5. The molecule has 0 unspecified atom stereocenters. The van der Waals surface area contributed by atoms with Gasteiger partial charge in [0.2, 0.25) is 0 Å². The van der Waals surface area contributed by atoms with Crippen molar-refractivity contribution in [3.8, 4) is 0 Å². The average molecular weight is 408 g/mol. The minimum atomic E-state index is -4.67. The van der Waals surface area contributed by atoms with E-state index in [1.165, 1.54) is 26.0 Å². The summed E-state index contributed by atoms with van der Waals surface area (Å²) in [5.74, 6) is 0. The first kappa shape index (κ1) is 21.5. The van der Waals surface area contributed by atoms with Crippen molar-refractivity contribution in [2.75, 3.05) is 19.6 Å². The first-order chi connectivity index (χ1) is 11.0. The maximum Gasteiger partial charge on any atom is 0.446 e. The highest BCUT2D eigenvalue weighted by Crippen LogP contribution is 2.49. The molecule has 1 aromatic carbocycles. The van der Waals surface area contributed by atoms with Gasteiger partial charge in [-0.2, -0.15) is 21.6 Å². The van der Waals surface area contributed by atoms with E-state index in [0.717, 1.165) is 12.1 Å². The van der Waals surface area contributed by atoms with Gasteiger partial charge in [-0.05, 0) is 37.7 Å². The van der Waals surface area contributed by atoms with Crippen molar-refractivity contribution in [3.05, 3.63) is 24.3 Å². The van der Waals surface area contributed by atoms with Gasteiger partial charge in [0.15, 0.2) is 6.35 Å². The van der Waals surface area contributed by atoms with Gasteiger partial charge in [-0.1, -0.05) is 12.1 Å². The molecular formula is C12H16F3O6PS2. The monoisotopic (exact) mass is 408 g/mol. The maximum atomic E-state index is 12.5. The topological polar surface area (TPSA) is 78.9 Å². The van der Waals surface area contributed by atoms with Gasteiger partial charge in [-0.25, -0.2) is 0 Å². The van der Waals surface area contributed by atoms with Crippen LogP contribution in [0.4, 0.5) is 13.2 Å². The summed E-state index contributed by atoms with van der Waals surface area (Å²) in [6.07, 6.45) is -0.929. The minimum absolute atomic E-state index is 0.0127. The Hall–Kier alpha value is -0.580. The van der Waals surface area contributed by atoms with Gasteiger partial charge < -0.3 is 9.05 Å². The van der Waals surface area contributed by atoms with Crippen molar-refractivity contribution in [1.29, 1.82) is 0 Å². The van der Waals surface area contributed by atoms with Crippen LogP contribution in [0.5, 0.6) is 0 Å². The number of rotatable bonds is 9. The van der Waals surface area contributed by atoms with Crippen LogP contribution in [-0.4, -0.2) is 33.5 Å². The van der Waals surface area contributed by atoms with Crippen molar-refractivity contribution >= 4 is 29.5 Å². The van der Waals surface area contributed by atoms with E-state index in [9.17, 15) is 26.2 Å². The summed E-state index contributed by atoms with van der Waals surface area (Å²) in [4.78, 5) is -1.22. The Morgan fingerprint density at radius 2 is 1.67 bits per heavy atom. The summed E-state index contributed by atoms with van der Waals surface area (Å²) in [6.45, 7) is 3.02. The Morgan fingerprint density at radius 1 is 1.12 bits per heavy atom. The molecule has 0 atom stereocenters. The smallest absolute Gasteiger partial charge is 0.307 e. The Morgan fingerprint density at radius 3 is 2.17 bits per heavy atom. The first-order valence-electron chi connectivity index (χ1n) is 6.65. The number of halogens is 3. The first-order valence-corrected chi connectivity index (χ1v) is 10.6. The lowest BCUT2D eigenvalue weighted by Gasteiger charge is -2.17. The van der Waals surface area contributed by atoms with Crippen LogP contribution in [0.3, 0.4) is 0 Å². The van der Waals surface area contributed by atoms with E-state index in [4.69, 9.17) is 9.05 Å². The number of alkyl halides is 3. The normalized spacial score (nSPS) is 13.2. The molecular weight excluding hydrogens is 392 g/mol. The number of benzene rings is 1. The largest absolute Gasteiger partial charge is 0.446 e. The van der Waals surface area contributed by atoms with Crippen molar-refractivity contribution in [2.45, 2.75) is 29.1 Å². The number of hydrogen-bond donors (Lipinski definition) is 0. The summed E-state index contributed by atoms with van der Waals surface area (Å²) in [5.41, 5.74) is -4.67. The van der Waals surface area contributed by atoms with E-state index in [2.05, 4.69) is 4.18 Å². The van der Waals surface area contributed by atoms with Gasteiger partial charge in [0.05, 0.1) is 13.2 Å². The SMILES string of the molecule is CCOP(=O)(COS(=O)(=O)c1ccccc1SC(F)(F)F)OCC. The third-order valence-corrected chi connectivity index (χ3v) is 6.54. The fourth-order valence-electron chi connectivity index (χ4n) is 1.57. The molecule has 0 amide bonds. The van der Waals surface area contributed by atoms with E-state index in [-0.39, 0.29) is 13.2 Å². The van der Waals surface area contributed by atoms with Gasteiger partial charge in [-0.15, -0.1) is 0 Å². The molecule has 0 heterocycles. The molecule has 0 N–H and O–H groups in total. The molecule has 6 nitrogen and oxygen atoms in total. The molecule has 138 valence electrons. The Balaban J connectivity index is 3.03. The van der Waals surface area contributed by atoms with E-state index in [0.29, 0.717) is 0 Å². The molecule has 0 aromatic heterocycles. The summed E-state index contributed by atoms with van der Waals surface area (Å²) in [7, 11) is -8.41. The molecule has 0 aliphatic heterocycles. The molecule has 0 aliphatic rings. The highest BCUT2D eigenvalue weighted by atomic mass is 32.2. The molecule has 0 aliphatic carbocycles. The molecule has 24 heavy (non-hydrogen) atoms. The number of hydrogen-bond acceptors (Lipinski definition) is 7. The van der Waals surface area contributed by atoms with E-state index in [1.54, 1.807) is 0 Å². The van der Waals surface area contributed by atoms with Gasteiger partial charge in [0.1, 0.15) is 4.90 Å². The van der Waals surface area contributed by atoms with Crippen LogP contribution in [-0.2, 0) is 27.9 Å². The lowest BCUT2D eigenvalue weighted by Crippen LogP contribution is -2.12. The van der Waals surface area contributed by atoms with Crippen LogP contribution < -0.4 is 0 Å². The summed E-state index contributed by atoms with van der Waals surface area (Å²) < 4.78 is 88.4. The highest BCUT2D eigenvalue weighted by molar-refractivity contribution is 8.00. The Bertz CT molecular complexity index is 682. The molecule has 12 heteroatoms.